The molecule has 0 saturated heterocycles. The van der Waals surface area contributed by atoms with E-state index >= 15 is 0 Å². The SMILES string of the molecule is C=CCCCCCCCCCCC=C(C)C(=O)O. The fourth-order valence-corrected chi connectivity index (χ4v) is 1.90. The lowest BCUT2D eigenvalue weighted by atomic mass is 10.1. The smallest absolute Gasteiger partial charge is 0.330 e. The van der Waals surface area contributed by atoms with Crippen molar-refractivity contribution < 1.29 is 9.90 Å². The Morgan fingerprint density at radius 3 is 1.83 bits per heavy atom. The maximum absolute atomic E-state index is 10.5. The highest BCUT2D eigenvalue weighted by atomic mass is 16.4. The Morgan fingerprint density at radius 1 is 0.944 bits per heavy atom. The molecule has 18 heavy (non-hydrogen) atoms. The monoisotopic (exact) mass is 252 g/mol. The van der Waals surface area contributed by atoms with Gasteiger partial charge in [0.15, 0.2) is 0 Å². The van der Waals surface area contributed by atoms with Gasteiger partial charge < -0.3 is 5.11 Å². The van der Waals surface area contributed by atoms with Crippen LogP contribution < -0.4 is 0 Å². The molecule has 2 heteroatoms. The summed E-state index contributed by atoms with van der Waals surface area (Å²) >= 11 is 0. The van der Waals surface area contributed by atoms with Crippen molar-refractivity contribution in [2.75, 3.05) is 0 Å². The molecule has 104 valence electrons. The van der Waals surface area contributed by atoms with Gasteiger partial charge in [-0.2, -0.15) is 0 Å². The molecule has 0 bridgehead atoms. The van der Waals surface area contributed by atoms with Crippen molar-refractivity contribution in [1.82, 2.24) is 0 Å². The summed E-state index contributed by atoms with van der Waals surface area (Å²) in [7, 11) is 0. The van der Waals surface area contributed by atoms with Gasteiger partial charge in [0, 0.05) is 5.57 Å². The third-order valence-electron chi connectivity index (χ3n) is 3.15. The maximum atomic E-state index is 10.5. The van der Waals surface area contributed by atoms with Gasteiger partial charge in [-0.15, -0.1) is 6.58 Å². The molecule has 0 saturated carbocycles. The number of carboxylic acid groups (broad SMARTS) is 1. The first-order valence-corrected chi connectivity index (χ1v) is 7.19. The Kier molecular flexibility index (Phi) is 11.7. The Bertz CT molecular complexity index is 254. The van der Waals surface area contributed by atoms with Gasteiger partial charge in [-0.25, -0.2) is 4.79 Å². The van der Waals surface area contributed by atoms with Crippen molar-refractivity contribution in [1.29, 1.82) is 0 Å². The second kappa shape index (κ2) is 12.4. The highest BCUT2D eigenvalue weighted by Gasteiger charge is 1.97. The highest BCUT2D eigenvalue weighted by molar-refractivity contribution is 5.85. The van der Waals surface area contributed by atoms with Crippen LogP contribution in [0.1, 0.15) is 71.1 Å². The van der Waals surface area contributed by atoms with Crippen LogP contribution in [0.5, 0.6) is 0 Å². The lowest BCUT2D eigenvalue weighted by Gasteiger charge is -2.01. The van der Waals surface area contributed by atoms with Crippen molar-refractivity contribution in [2.45, 2.75) is 71.1 Å². The molecule has 0 aliphatic heterocycles. The van der Waals surface area contributed by atoms with Gasteiger partial charge in [0.25, 0.3) is 0 Å². The quantitative estimate of drug-likeness (QED) is 0.298. The summed E-state index contributed by atoms with van der Waals surface area (Å²) in [6.07, 6.45) is 16.1. The zero-order valence-corrected chi connectivity index (χ0v) is 11.8. The largest absolute Gasteiger partial charge is 0.478 e. The van der Waals surface area contributed by atoms with Crippen molar-refractivity contribution in [3.63, 3.8) is 0 Å². The number of unbranched alkanes of at least 4 members (excludes halogenated alkanes) is 9. The van der Waals surface area contributed by atoms with Crippen LogP contribution in [0.15, 0.2) is 24.3 Å². The summed E-state index contributed by atoms with van der Waals surface area (Å²) < 4.78 is 0. The molecule has 0 spiro atoms. The van der Waals surface area contributed by atoms with Gasteiger partial charge in [-0.1, -0.05) is 50.7 Å². The normalized spacial score (nSPS) is 11.5. The van der Waals surface area contributed by atoms with E-state index in [4.69, 9.17) is 5.11 Å². The molecule has 0 heterocycles. The third-order valence-corrected chi connectivity index (χ3v) is 3.15. The van der Waals surface area contributed by atoms with Crippen LogP contribution in [0.2, 0.25) is 0 Å². The zero-order chi connectivity index (χ0) is 13.6. The van der Waals surface area contributed by atoms with E-state index in [9.17, 15) is 4.79 Å². The minimum atomic E-state index is -0.797. The van der Waals surface area contributed by atoms with Crippen molar-refractivity contribution in [3.8, 4) is 0 Å². The molecule has 0 aromatic heterocycles. The van der Waals surface area contributed by atoms with E-state index < -0.39 is 5.97 Å². The van der Waals surface area contributed by atoms with Crippen LogP contribution in [-0.4, -0.2) is 11.1 Å². The second-order valence-corrected chi connectivity index (χ2v) is 4.89. The number of allylic oxidation sites excluding steroid dienone is 2. The minimum absolute atomic E-state index is 0.470. The number of hydrogen-bond acceptors (Lipinski definition) is 1. The molecule has 0 aliphatic carbocycles. The fourth-order valence-electron chi connectivity index (χ4n) is 1.90. The zero-order valence-electron chi connectivity index (χ0n) is 11.8. The van der Waals surface area contributed by atoms with Crippen LogP contribution in [0, 0.1) is 0 Å². The molecular formula is C16H28O2. The van der Waals surface area contributed by atoms with Crippen LogP contribution in [0.3, 0.4) is 0 Å². The summed E-state index contributed by atoms with van der Waals surface area (Å²) in [6, 6.07) is 0. The van der Waals surface area contributed by atoms with Crippen LogP contribution >= 0.6 is 0 Å². The van der Waals surface area contributed by atoms with Crippen molar-refractivity contribution in [3.05, 3.63) is 24.3 Å². The molecular weight excluding hydrogens is 224 g/mol. The summed E-state index contributed by atoms with van der Waals surface area (Å²) in [4.78, 5) is 10.5. The molecule has 0 aromatic rings. The Labute approximate surface area is 112 Å². The van der Waals surface area contributed by atoms with Crippen LogP contribution in [0.4, 0.5) is 0 Å². The summed E-state index contributed by atoms with van der Waals surface area (Å²) in [6.45, 7) is 5.38. The van der Waals surface area contributed by atoms with Crippen molar-refractivity contribution >= 4 is 5.97 Å². The molecule has 0 atom stereocenters. The summed E-state index contributed by atoms with van der Waals surface area (Å²) in [5, 5.41) is 8.67. The number of carboxylic acids is 1. The molecule has 0 aliphatic rings. The predicted molar refractivity (Wildman–Crippen MR) is 77.8 cm³/mol. The van der Waals surface area contributed by atoms with E-state index in [0.29, 0.717) is 5.57 Å². The first-order valence-electron chi connectivity index (χ1n) is 7.19. The van der Waals surface area contributed by atoms with Crippen LogP contribution in [-0.2, 0) is 4.79 Å². The lowest BCUT2D eigenvalue weighted by molar-refractivity contribution is -0.132. The van der Waals surface area contributed by atoms with Crippen molar-refractivity contribution in [2.24, 2.45) is 0 Å². The van der Waals surface area contributed by atoms with Gasteiger partial charge in [-0.3, -0.25) is 0 Å². The third kappa shape index (κ3) is 11.4. The topological polar surface area (TPSA) is 37.3 Å². The van der Waals surface area contributed by atoms with E-state index in [1.54, 1.807) is 6.92 Å². The van der Waals surface area contributed by atoms with Gasteiger partial charge in [0.05, 0.1) is 0 Å². The standard InChI is InChI=1S/C16H28O2/c1-3-4-5-6-7-8-9-10-11-12-13-14-15(2)16(17)18/h3,14H,1,4-13H2,2H3,(H,17,18). The maximum Gasteiger partial charge on any atom is 0.330 e. The molecule has 0 amide bonds. The van der Waals surface area contributed by atoms with Gasteiger partial charge in [0.1, 0.15) is 0 Å². The molecule has 0 radical (unpaired) electrons. The molecule has 0 aromatic carbocycles. The predicted octanol–water partition coefficient (Wildman–Crippen LogP) is 5.10. The highest BCUT2D eigenvalue weighted by Crippen LogP contribution is 2.11. The Morgan fingerprint density at radius 2 is 1.39 bits per heavy atom. The number of carbonyl (C=O) groups is 1. The van der Waals surface area contributed by atoms with Crippen LogP contribution in [0.25, 0.3) is 0 Å². The first-order chi connectivity index (χ1) is 8.68. The molecule has 2 nitrogen and oxygen atoms in total. The average Bonchev–Trinajstić information content (AvgIpc) is 2.35. The number of hydrogen-bond donors (Lipinski definition) is 1. The Balaban J connectivity index is 3.19. The Hall–Kier alpha value is -1.05. The van der Waals surface area contributed by atoms with Gasteiger partial charge in [-0.05, 0) is 32.6 Å². The molecule has 0 rings (SSSR count). The second-order valence-electron chi connectivity index (χ2n) is 4.89. The van der Waals surface area contributed by atoms with Gasteiger partial charge in [0.2, 0.25) is 0 Å². The fraction of sp³-hybridized carbons (Fsp3) is 0.688. The molecule has 1 N–H and O–H groups in total. The average molecular weight is 252 g/mol. The summed E-state index contributed by atoms with van der Waals surface area (Å²) in [5.41, 5.74) is 0.470. The summed E-state index contributed by atoms with van der Waals surface area (Å²) in [5.74, 6) is -0.797. The number of rotatable bonds is 12. The number of aliphatic carboxylic acids is 1. The van der Waals surface area contributed by atoms with E-state index in [-0.39, 0.29) is 0 Å². The van der Waals surface area contributed by atoms with E-state index in [1.165, 1.54) is 44.9 Å². The van der Waals surface area contributed by atoms with E-state index in [0.717, 1.165) is 19.3 Å². The van der Waals surface area contributed by atoms with Gasteiger partial charge >= 0.3 is 5.97 Å². The lowest BCUT2D eigenvalue weighted by Crippen LogP contribution is -1.95. The van der Waals surface area contributed by atoms with E-state index in [2.05, 4.69) is 6.58 Å². The first kappa shape index (κ1) is 16.9. The minimum Gasteiger partial charge on any atom is -0.478 e. The van der Waals surface area contributed by atoms with E-state index in [1.807, 2.05) is 12.2 Å². The molecule has 0 unspecified atom stereocenters. The molecule has 0 fully saturated rings.